The second-order valence-electron chi connectivity index (χ2n) is 9.60. The lowest BCUT2D eigenvalue weighted by molar-refractivity contribution is 1.17. The van der Waals surface area contributed by atoms with Gasteiger partial charge in [-0.05, 0) is 52.4 Å². The molecule has 0 saturated carbocycles. The van der Waals surface area contributed by atoms with Crippen LogP contribution in [0.2, 0.25) is 0 Å². The van der Waals surface area contributed by atoms with Crippen molar-refractivity contribution in [2.45, 2.75) is 0 Å². The van der Waals surface area contributed by atoms with Crippen LogP contribution >= 0.6 is 12.2 Å². The van der Waals surface area contributed by atoms with Crippen molar-refractivity contribution in [2.75, 3.05) is 0 Å². The van der Waals surface area contributed by atoms with Gasteiger partial charge in [0, 0.05) is 10.9 Å². The van der Waals surface area contributed by atoms with Crippen molar-refractivity contribution < 1.29 is 0 Å². The van der Waals surface area contributed by atoms with Gasteiger partial charge in [0.05, 0.1) is 27.6 Å². The van der Waals surface area contributed by atoms with Gasteiger partial charge in [0.1, 0.15) is 4.64 Å². The van der Waals surface area contributed by atoms with Crippen LogP contribution in [0.25, 0.3) is 66.3 Å². The zero-order chi connectivity index (χ0) is 25.2. The summed E-state index contributed by atoms with van der Waals surface area (Å²) < 4.78 is 5.32. The lowest BCUT2D eigenvalue weighted by Crippen LogP contribution is -2.03. The first-order valence-corrected chi connectivity index (χ1v) is 13.1. The monoisotopic (exact) mass is 503 g/mol. The second kappa shape index (κ2) is 8.10. The van der Waals surface area contributed by atoms with Crippen LogP contribution in [0.5, 0.6) is 0 Å². The zero-order valence-corrected chi connectivity index (χ0v) is 21.2. The van der Waals surface area contributed by atoms with Crippen LogP contribution < -0.4 is 0 Å². The summed E-state index contributed by atoms with van der Waals surface area (Å²) in [6.45, 7) is 0. The average Bonchev–Trinajstić information content (AvgIpc) is 3.38. The van der Waals surface area contributed by atoms with Crippen molar-refractivity contribution in [1.82, 2.24) is 13.8 Å². The molecule has 0 saturated heterocycles. The Hall–Kier alpha value is -4.80. The number of nitrogens with zero attached hydrogens (tertiary/aromatic N) is 3. The fourth-order valence-corrected chi connectivity index (χ4v) is 6.21. The average molecular weight is 504 g/mol. The van der Waals surface area contributed by atoms with Gasteiger partial charge in [-0.1, -0.05) is 109 Å². The molecule has 0 fully saturated rings. The molecule has 0 amide bonds. The maximum Gasteiger partial charge on any atom is 0.163 e. The van der Waals surface area contributed by atoms with Gasteiger partial charge in [-0.15, -0.1) is 0 Å². The van der Waals surface area contributed by atoms with E-state index < -0.39 is 0 Å². The highest BCUT2D eigenvalue weighted by Crippen LogP contribution is 2.39. The van der Waals surface area contributed by atoms with Gasteiger partial charge in [-0.2, -0.15) is 0 Å². The van der Waals surface area contributed by atoms with Gasteiger partial charge >= 0.3 is 0 Å². The number of hydrogen-bond acceptors (Lipinski definition) is 2. The quantitative estimate of drug-likeness (QED) is 0.133. The molecule has 4 heteroatoms. The molecule has 0 N–H and O–H groups in total. The molecule has 0 spiro atoms. The highest BCUT2D eigenvalue weighted by Gasteiger charge is 2.20. The standard InChI is InChI=1S/C34H21N3S/c38-34-26-16-5-4-15-25(26)31(24-14-10-13-23(21-24)22-11-2-1-3-12-22)32-33-35-27-17-6-7-18-28(27)36(33)29-19-8-9-20-30(29)37(32)34/h1-21H. The number of aromatic nitrogens is 3. The highest BCUT2D eigenvalue weighted by atomic mass is 32.1. The Kier molecular flexibility index (Phi) is 4.54. The van der Waals surface area contributed by atoms with E-state index in [1.165, 1.54) is 11.1 Å². The Bertz CT molecular complexity index is 2260. The lowest BCUT2D eigenvalue weighted by atomic mass is 9.95. The van der Waals surface area contributed by atoms with E-state index in [0.717, 1.165) is 59.8 Å². The van der Waals surface area contributed by atoms with Crippen molar-refractivity contribution in [3.05, 3.63) is 132 Å². The maximum atomic E-state index is 6.20. The number of pyridine rings is 1. The van der Waals surface area contributed by atoms with E-state index in [4.69, 9.17) is 17.2 Å². The molecule has 8 aromatic rings. The van der Waals surface area contributed by atoms with Crippen LogP contribution in [0.4, 0.5) is 0 Å². The number of imidazole rings is 1. The van der Waals surface area contributed by atoms with Crippen LogP contribution in [0, 0.1) is 4.64 Å². The molecule has 178 valence electrons. The molecule has 8 rings (SSSR count). The molecule has 38 heavy (non-hydrogen) atoms. The van der Waals surface area contributed by atoms with Gasteiger partial charge in [0.15, 0.2) is 5.65 Å². The summed E-state index contributed by atoms with van der Waals surface area (Å²) in [5.41, 5.74) is 10.8. The van der Waals surface area contributed by atoms with Crippen molar-refractivity contribution >= 4 is 56.2 Å². The smallest absolute Gasteiger partial charge is 0.163 e. The number of rotatable bonds is 2. The Morgan fingerprint density at radius 1 is 0.500 bits per heavy atom. The van der Waals surface area contributed by atoms with E-state index >= 15 is 0 Å². The number of fused-ring (bicyclic) bond motifs is 9. The fourth-order valence-electron chi connectivity index (χ4n) is 5.84. The largest absolute Gasteiger partial charge is 0.294 e. The third-order valence-electron chi connectivity index (χ3n) is 7.48. The predicted octanol–water partition coefficient (Wildman–Crippen LogP) is 9.11. The summed E-state index contributed by atoms with van der Waals surface area (Å²) in [6, 6.07) is 44.6. The molecule has 0 atom stereocenters. The molecule has 5 aromatic carbocycles. The molecular formula is C34H21N3S. The highest BCUT2D eigenvalue weighted by molar-refractivity contribution is 7.71. The Morgan fingerprint density at radius 2 is 1.11 bits per heavy atom. The molecule has 0 aliphatic carbocycles. The SMILES string of the molecule is S=c1c2ccccc2c(-c2cccc(-c3ccccc3)c2)c2c3nc4ccccc4n3c3ccccc3n12. The van der Waals surface area contributed by atoms with Crippen LogP contribution in [-0.4, -0.2) is 13.8 Å². The number of hydrogen-bond donors (Lipinski definition) is 0. The first-order chi connectivity index (χ1) is 18.8. The number of para-hydroxylation sites is 4. The topological polar surface area (TPSA) is 21.7 Å². The van der Waals surface area contributed by atoms with E-state index in [0.29, 0.717) is 0 Å². The van der Waals surface area contributed by atoms with E-state index in [2.05, 4.69) is 130 Å². The first-order valence-electron chi connectivity index (χ1n) is 12.7. The molecule has 0 radical (unpaired) electrons. The summed E-state index contributed by atoms with van der Waals surface area (Å²) in [4.78, 5) is 5.20. The molecule has 0 aliphatic heterocycles. The lowest BCUT2D eigenvalue weighted by Gasteiger charge is -2.18. The fraction of sp³-hybridized carbons (Fsp3) is 0. The van der Waals surface area contributed by atoms with Crippen LogP contribution in [0.1, 0.15) is 0 Å². The van der Waals surface area contributed by atoms with Crippen molar-refractivity contribution in [2.24, 2.45) is 0 Å². The minimum absolute atomic E-state index is 0.796. The zero-order valence-electron chi connectivity index (χ0n) is 20.4. The van der Waals surface area contributed by atoms with E-state index in [-0.39, 0.29) is 0 Å². The summed E-state index contributed by atoms with van der Waals surface area (Å²) in [7, 11) is 0. The van der Waals surface area contributed by atoms with Crippen molar-refractivity contribution in [3.8, 4) is 22.3 Å². The van der Waals surface area contributed by atoms with E-state index in [1.807, 2.05) is 6.07 Å². The molecule has 3 nitrogen and oxygen atoms in total. The summed E-state index contributed by atoms with van der Waals surface area (Å²) in [5, 5.41) is 2.19. The van der Waals surface area contributed by atoms with Gasteiger partial charge in [0.25, 0.3) is 0 Å². The predicted molar refractivity (Wildman–Crippen MR) is 160 cm³/mol. The Labute approximate surface area is 223 Å². The molecule has 0 bridgehead atoms. The van der Waals surface area contributed by atoms with E-state index in [9.17, 15) is 0 Å². The molecule has 3 aromatic heterocycles. The van der Waals surface area contributed by atoms with E-state index in [1.54, 1.807) is 0 Å². The maximum absolute atomic E-state index is 6.20. The summed E-state index contributed by atoms with van der Waals surface area (Å²) >= 11 is 6.20. The molecular weight excluding hydrogens is 482 g/mol. The third kappa shape index (κ3) is 2.95. The van der Waals surface area contributed by atoms with Crippen LogP contribution in [-0.2, 0) is 0 Å². The Morgan fingerprint density at radius 3 is 1.92 bits per heavy atom. The minimum atomic E-state index is 0.796. The normalized spacial score (nSPS) is 11.8. The van der Waals surface area contributed by atoms with Crippen molar-refractivity contribution in [1.29, 1.82) is 0 Å². The van der Waals surface area contributed by atoms with Crippen LogP contribution in [0.3, 0.4) is 0 Å². The Balaban J connectivity index is 1.65. The summed E-state index contributed by atoms with van der Waals surface area (Å²) in [5.74, 6) is 0. The van der Waals surface area contributed by atoms with Crippen molar-refractivity contribution in [3.63, 3.8) is 0 Å². The molecule has 0 unspecified atom stereocenters. The number of benzene rings is 5. The molecule has 0 aliphatic rings. The second-order valence-corrected chi connectivity index (χ2v) is 9.99. The van der Waals surface area contributed by atoms with Gasteiger partial charge in [-0.25, -0.2) is 4.98 Å². The van der Waals surface area contributed by atoms with Gasteiger partial charge in [0.2, 0.25) is 0 Å². The third-order valence-corrected chi connectivity index (χ3v) is 7.89. The minimum Gasteiger partial charge on any atom is -0.294 e. The summed E-state index contributed by atoms with van der Waals surface area (Å²) in [6.07, 6.45) is 0. The first kappa shape index (κ1) is 21.3. The van der Waals surface area contributed by atoms with Crippen LogP contribution in [0.15, 0.2) is 127 Å². The molecule has 3 heterocycles. The van der Waals surface area contributed by atoms with Gasteiger partial charge in [-0.3, -0.25) is 8.80 Å². The van der Waals surface area contributed by atoms with Gasteiger partial charge < -0.3 is 0 Å².